The third-order valence-electron chi connectivity index (χ3n) is 3.24. The summed E-state index contributed by atoms with van der Waals surface area (Å²) in [7, 11) is 1.34. The van der Waals surface area contributed by atoms with Crippen molar-refractivity contribution in [2.24, 2.45) is 0 Å². The first-order valence-electron chi connectivity index (χ1n) is 7.89. The average molecular weight is 405 g/mol. The maximum Gasteiger partial charge on any atom is 0.208 e. The zero-order valence-electron chi connectivity index (χ0n) is 13.9. The third kappa shape index (κ3) is 5.86. The number of hydrogen-bond acceptors (Lipinski definition) is 5. The SMILES string of the molecule is C1CCCCC1.CC.COS(=O)c1cc(N)nc2c(Br)cnn12. The zero-order valence-corrected chi connectivity index (χ0v) is 16.3. The molecule has 8 heteroatoms. The highest BCUT2D eigenvalue weighted by Crippen LogP contribution is 2.20. The van der Waals surface area contributed by atoms with Crippen molar-refractivity contribution in [3.8, 4) is 0 Å². The molecule has 6 nitrogen and oxygen atoms in total. The first kappa shape index (κ1) is 20.1. The molecule has 2 heterocycles. The molecule has 1 fully saturated rings. The van der Waals surface area contributed by atoms with Gasteiger partial charge in [0.2, 0.25) is 11.1 Å². The second kappa shape index (κ2) is 10.7. The summed E-state index contributed by atoms with van der Waals surface area (Å²) in [5.74, 6) is 0.268. The maximum atomic E-state index is 11.5. The number of hydrogen-bond donors (Lipinski definition) is 1. The Hall–Kier alpha value is -0.990. The second-order valence-electron chi connectivity index (χ2n) is 4.77. The summed E-state index contributed by atoms with van der Waals surface area (Å²) >= 11 is 1.66. The average Bonchev–Trinajstić information content (AvgIpc) is 2.98. The number of anilines is 1. The van der Waals surface area contributed by atoms with Crippen LogP contribution in [0.15, 0.2) is 21.8 Å². The number of rotatable bonds is 2. The molecule has 3 rings (SSSR count). The molecule has 2 aromatic rings. The zero-order chi connectivity index (χ0) is 17.2. The third-order valence-corrected chi connectivity index (χ3v) is 4.73. The molecular formula is C15H25BrN4O2S. The van der Waals surface area contributed by atoms with Gasteiger partial charge in [0.15, 0.2) is 10.7 Å². The van der Waals surface area contributed by atoms with Gasteiger partial charge >= 0.3 is 0 Å². The maximum absolute atomic E-state index is 11.5. The van der Waals surface area contributed by atoms with E-state index in [-0.39, 0.29) is 5.82 Å². The highest BCUT2D eigenvalue weighted by Gasteiger charge is 2.13. The number of nitrogens with zero attached hydrogens (tertiary/aromatic N) is 3. The highest BCUT2D eigenvalue weighted by atomic mass is 79.9. The fourth-order valence-electron chi connectivity index (χ4n) is 2.19. The molecule has 0 amide bonds. The van der Waals surface area contributed by atoms with Crippen molar-refractivity contribution >= 4 is 38.5 Å². The van der Waals surface area contributed by atoms with Crippen LogP contribution in [0.2, 0.25) is 0 Å². The number of aromatic nitrogens is 3. The van der Waals surface area contributed by atoms with Crippen LogP contribution in [0, 0.1) is 0 Å². The van der Waals surface area contributed by atoms with Crippen molar-refractivity contribution in [3.63, 3.8) is 0 Å². The summed E-state index contributed by atoms with van der Waals surface area (Å²) in [6.45, 7) is 4.00. The number of halogens is 1. The lowest BCUT2D eigenvalue weighted by atomic mass is 10.0. The Morgan fingerprint density at radius 3 is 2.22 bits per heavy atom. The minimum absolute atomic E-state index is 0.268. The van der Waals surface area contributed by atoms with E-state index in [2.05, 4.69) is 26.0 Å². The van der Waals surface area contributed by atoms with Crippen molar-refractivity contribution < 1.29 is 8.39 Å². The minimum atomic E-state index is -1.60. The molecular weight excluding hydrogens is 380 g/mol. The van der Waals surface area contributed by atoms with Crippen LogP contribution in [0.5, 0.6) is 0 Å². The molecule has 0 bridgehead atoms. The van der Waals surface area contributed by atoms with E-state index in [1.165, 1.54) is 56.2 Å². The summed E-state index contributed by atoms with van der Waals surface area (Å²) < 4.78 is 18.3. The molecule has 0 aromatic carbocycles. The Kier molecular flexibility index (Phi) is 9.35. The van der Waals surface area contributed by atoms with Gasteiger partial charge in [-0.15, -0.1) is 0 Å². The van der Waals surface area contributed by atoms with Gasteiger partial charge in [-0.3, -0.25) is 4.18 Å². The normalized spacial score (nSPS) is 15.1. The van der Waals surface area contributed by atoms with Gasteiger partial charge in [0.25, 0.3) is 0 Å². The van der Waals surface area contributed by atoms with E-state index in [1.54, 1.807) is 6.20 Å². The van der Waals surface area contributed by atoms with E-state index in [0.717, 1.165) is 0 Å². The summed E-state index contributed by atoms with van der Waals surface area (Å²) in [6.07, 6.45) is 10.6. The van der Waals surface area contributed by atoms with Crippen LogP contribution in [0.3, 0.4) is 0 Å². The van der Waals surface area contributed by atoms with Crippen molar-refractivity contribution in [1.82, 2.24) is 14.6 Å². The van der Waals surface area contributed by atoms with Crippen LogP contribution in [0.25, 0.3) is 5.65 Å². The molecule has 0 aliphatic heterocycles. The van der Waals surface area contributed by atoms with E-state index in [1.807, 2.05) is 13.8 Å². The molecule has 1 saturated carbocycles. The lowest BCUT2D eigenvalue weighted by Gasteiger charge is -2.05. The Morgan fingerprint density at radius 1 is 1.22 bits per heavy atom. The molecule has 2 aromatic heterocycles. The van der Waals surface area contributed by atoms with Crippen molar-refractivity contribution in [2.75, 3.05) is 12.8 Å². The fourth-order valence-corrected chi connectivity index (χ4v) is 3.20. The van der Waals surface area contributed by atoms with Crippen molar-refractivity contribution in [3.05, 3.63) is 16.7 Å². The molecule has 1 aliphatic carbocycles. The van der Waals surface area contributed by atoms with Gasteiger partial charge in [-0.05, 0) is 15.9 Å². The number of nitrogen functional groups attached to an aromatic ring is 1. The van der Waals surface area contributed by atoms with Crippen molar-refractivity contribution in [1.29, 1.82) is 0 Å². The molecule has 2 N–H and O–H groups in total. The number of nitrogens with two attached hydrogens (primary N) is 1. The predicted octanol–water partition coefficient (Wildman–Crippen LogP) is 4.11. The molecule has 1 atom stereocenters. The molecule has 23 heavy (non-hydrogen) atoms. The van der Waals surface area contributed by atoms with Gasteiger partial charge in [-0.25, -0.2) is 13.7 Å². The van der Waals surface area contributed by atoms with Gasteiger partial charge in [-0.2, -0.15) is 5.10 Å². The van der Waals surface area contributed by atoms with Crippen LogP contribution in [0.4, 0.5) is 5.82 Å². The smallest absolute Gasteiger partial charge is 0.208 e. The van der Waals surface area contributed by atoms with E-state index < -0.39 is 11.1 Å². The lowest BCUT2D eigenvalue weighted by molar-refractivity contribution is 0.441. The molecule has 1 unspecified atom stereocenters. The highest BCUT2D eigenvalue weighted by molar-refractivity contribution is 9.10. The van der Waals surface area contributed by atoms with E-state index in [9.17, 15) is 4.21 Å². The van der Waals surface area contributed by atoms with Crippen LogP contribution >= 0.6 is 15.9 Å². The van der Waals surface area contributed by atoms with E-state index >= 15 is 0 Å². The van der Waals surface area contributed by atoms with Crippen LogP contribution in [-0.2, 0) is 15.3 Å². The molecule has 0 saturated heterocycles. The van der Waals surface area contributed by atoms with Gasteiger partial charge in [0, 0.05) is 6.07 Å². The molecule has 0 radical (unpaired) electrons. The van der Waals surface area contributed by atoms with Gasteiger partial charge in [-0.1, -0.05) is 52.4 Å². The Labute approximate surface area is 148 Å². The Balaban J connectivity index is 0.000000276. The minimum Gasteiger partial charge on any atom is -0.384 e. The van der Waals surface area contributed by atoms with Gasteiger partial charge in [0.05, 0.1) is 17.8 Å². The van der Waals surface area contributed by atoms with E-state index in [0.29, 0.717) is 15.1 Å². The molecule has 1 aliphatic rings. The van der Waals surface area contributed by atoms with Crippen molar-refractivity contribution in [2.45, 2.75) is 57.4 Å². The van der Waals surface area contributed by atoms with Crippen LogP contribution in [-0.4, -0.2) is 25.9 Å². The van der Waals surface area contributed by atoms with E-state index in [4.69, 9.17) is 9.92 Å². The Bertz CT molecular complexity index is 618. The molecule has 130 valence electrons. The summed E-state index contributed by atoms with van der Waals surface area (Å²) in [6, 6.07) is 1.46. The van der Waals surface area contributed by atoms with Crippen LogP contribution in [0.1, 0.15) is 52.4 Å². The lowest BCUT2D eigenvalue weighted by Crippen LogP contribution is -2.06. The topological polar surface area (TPSA) is 82.5 Å². The fraction of sp³-hybridized carbons (Fsp3) is 0.600. The molecule has 0 spiro atoms. The first-order chi connectivity index (χ1) is 11.1. The summed E-state index contributed by atoms with van der Waals surface area (Å²) in [5, 5.41) is 4.36. The first-order valence-corrected chi connectivity index (χ1v) is 9.76. The Morgan fingerprint density at radius 2 is 1.74 bits per heavy atom. The predicted molar refractivity (Wildman–Crippen MR) is 97.6 cm³/mol. The second-order valence-corrected chi connectivity index (χ2v) is 6.85. The summed E-state index contributed by atoms with van der Waals surface area (Å²) in [5.41, 5.74) is 6.09. The number of fused-ring (bicyclic) bond motifs is 1. The van der Waals surface area contributed by atoms with Crippen LogP contribution < -0.4 is 5.73 Å². The summed E-state index contributed by atoms with van der Waals surface area (Å²) in [4.78, 5) is 4.05. The standard InChI is InChI=1S/C7H7BrN4O2S.C6H12.C2H6/c1-14-15(13)6-2-5(9)11-7-4(8)3-10-12(6)7;1-2-4-6-5-3-1;1-2/h2-3H,1H3,(H2,9,11);1-6H2;1-2H3. The van der Waals surface area contributed by atoms with Gasteiger partial charge < -0.3 is 5.73 Å². The van der Waals surface area contributed by atoms with Gasteiger partial charge in [0.1, 0.15) is 5.82 Å². The largest absolute Gasteiger partial charge is 0.384 e. The monoisotopic (exact) mass is 404 g/mol. The quantitative estimate of drug-likeness (QED) is 0.761.